The molecule has 0 spiro atoms. The van der Waals surface area contributed by atoms with Crippen molar-refractivity contribution in [3.63, 3.8) is 0 Å². The Morgan fingerprint density at radius 2 is 1.79 bits per heavy atom. The van der Waals surface area contributed by atoms with Crippen LogP contribution in [0.1, 0.15) is 29.3 Å². The minimum Gasteiger partial charge on any atom is -0.493 e. The van der Waals surface area contributed by atoms with Gasteiger partial charge in [-0.1, -0.05) is 43.3 Å². The molecule has 5 nitrogen and oxygen atoms in total. The maximum atomic E-state index is 13.0. The summed E-state index contributed by atoms with van der Waals surface area (Å²) in [7, 11) is -1.67. The molecule has 0 saturated carbocycles. The van der Waals surface area contributed by atoms with Crippen molar-refractivity contribution < 1.29 is 17.9 Å². The molecule has 3 aromatic rings. The third-order valence-electron chi connectivity index (χ3n) is 4.71. The molecular weight excluding hydrogens is 386 g/mol. The summed E-state index contributed by atoms with van der Waals surface area (Å²) in [5, 5.41) is 2.11. The smallest absolute Gasteiger partial charge is 0.253 e. The second-order valence-electron chi connectivity index (χ2n) is 7.07. The van der Waals surface area contributed by atoms with E-state index in [0.717, 1.165) is 34.8 Å². The van der Waals surface area contributed by atoms with Gasteiger partial charge in [0.1, 0.15) is 5.75 Å². The van der Waals surface area contributed by atoms with E-state index in [1.54, 1.807) is 24.1 Å². The normalized spacial score (nSPS) is 11.4. The summed E-state index contributed by atoms with van der Waals surface area (Å²) in [5.74, 6) is 0.514. The Hall–Kier alpha value is -2.86. The van der Waals surface area contributed by atoms with Crippen LogP contribution in [0, 0.1) is 0 Å². The van der Waals surface area contributed by atoms with E-state index in [0.29, 0.717) is 18.7 Å². The highest BCUT2D eigenvalue weighted by molar-refractivity contribution is 7.90. The van der Waals surface area contributed by atoms with Crippen LogP contribution < -0.4 is 4.74 Å². The minimum absolute atomic E-state index is 0.133. The largest absolute Gasteiger partial charge is 0.493 e. The van der Waals surface area contributed by atoms with Gasteiger partial charge in [-0.15, -0.1) is 0 Å². The number of hydrogen-bond acceptors (Lipinski definition) is 4. The zero-order chi connectivity index (χ0) is 21.0. The predicted octanol–water partition coefficient (Wildman–Crippen LogP) is 4.30. The standard InChI is InChI=1S/C23H25NO4S/c1-4-14-28-22-13-12-17-8-5-6-11-20(17)21(22)16-24(2)23(25)18-9-7-10-19(15-18)29(3,26)27/h5-13,15H,4,14,16H2,1-3H3. The zero-order valence-electron chi connectivity index (χ0n) is 16.9. The summed E-state index contributed by atoms with van der Waals surface area (Å²) in [6, 6.07) is 18.1. The quantitative estimate of drug-likeness (QED) is 0.581. The average Bonchev–Trinajstić information content (AvgIpc) is 2.72. The van der Waals surface area contributed by atoms with E-state index in [2.05, 4.69) is 0 Å². The number of benzene rings is 3. The molecule has 29 heavy (non-hydrogen) atoms. The third-order valence-corrected chi connectivity index (χ3v) is 5.82. The molecule has 152 valence electrons. The first-order valence-corrected chi connectivity index (χ1v) is 11.4. The molecular formula is C23H25NO4S. The van der Waals surface area contributed by atoms with Gasteiger partial charge in [-0.2, -0.15) is 0 Å². The topological polar surface area (TPSA) is 63.7 Å². The predicted molar refractivity (Wildman–Crippen MR) is 115 cm³/mol. The highest BCUT2D eigenvalue weighted by Crippen LogP contribution is 2.30. The first-order chi connectivity index (χ1) is 13.8. The van der Waals surface area contributed by atoms with Crippen LogP contribution in [0.5, 0.6) is 5.75 Å². The number of sulfone groups is 1. The van der Waals surface area contributed by atoms with Crippen molar-refractivity contribution >= 4 is 26.5 Å². The van der Waals surface area contributed by atoms with Gasteiger partial charge in [0.25, 0.3) is 5.91 Å². The number of amides is 1. The number of rotatable bonds is 7. The lowest BCUT2D eigenvalue weighted by molar-refractivity contribution is 0.0784. The lowest BCUT2D eigenvalue weighted by atomic mass is 10.0. The molecule has 0 aromatic heterocycles. The Morgan fingerprint density at radius 3 is 2.52 bits per heavy atom. The molecule has 0 bridgehead atoms. The fraction of sp³-hybridized carbons (Fsp3) is 0.261. The number of nitrogens with zero attached hydrogens (tertiary/aromatic N) is 1. The summed E-state index contributed by atoms with van der Waals surface area (Å²) in [6.45, 7) is 2.99. The summed E-state index contributed by atoms with van der Waals surface area (Å²) >= 11 is 0. The van der Waals surface area contributed by atoms with E-state index in [1.165, 1.54) is 12.1 Å². The van der Waals surface area contributed by atoms with Gasteiger partial charge in [-0.3, -0.25) is 4.79 Å². The molecule has 0 N–H and O–H groups in total. The molecule has 0 unspecified atom stereocenters. The van der Waals surface area contributed by atoms with Gasteiger partial charge in [0.15, 0.2) is 9.84 Å². The van der Waals surface area contributed by atoms with E-state index in [4.69, 9.17) is 4.74 Å². The van der Waals surface area contributed by atoms with E-state index < -0.39 is 9.84 Å². The van der Waals surface area contributed by atoms with Gasteiger partial charge in [-0.25, -0.2) is 8.42 Å². The molecule has 1 amide bonds. The minimum atomic E-state index is -3.38. The van der Waals surface area contributed by atoms with Gasteiger partial charge >= 0.3 is 0 Å². The van der Waals surface area contributed by atoms with Crippen molar-refractivity contribution in [3.05, 3.63) is 71.8 Å². The van der Waals surface area contributed by atoms with Crippen molar-refractivity contribution in [2.75, 3.05) is 19.9 Å². The van der Waals surface area contributed by atoms with E-state index in [1.807, 2.05) is 43.3 Å². The second kappa shape index (κ2) is 8.66. The highest BCUT2D eigenvalue weighted by Gasteiger charge is 2.18. The maximum Gasteiger partial charge on any atom is 0.253 e. The molecule has 3 rings (SSSR count). The highest BCUT2D eigenvalue weighted by atomic mass is 32.2. The molecule has 0 fully saturated rings. The van der Waals surface area contributed by atoms with Crippen LogP contribution in [0.4, 0.5) is 0 Å². The van der Waals surface area contributed by atoms with Crippen molar-refractivity contribution in [1.82, 2.24) is 4.90 Å². The Bertz CT molecular complexity index is 1140. The van der Waals surface area contributed by atoms with Crippen molar-refractivity contribution in [3.8, 4) is 5.75 Å². The van der Waals surface area contributed by atoms with E-state index >= 15 is 0 Å². The summed E-state index contributed by atoms with van der Waals surface area (Å²) < 4.78 is 29.6. The van der Waals surface area contributed by atoms with Gasteiger partial charge in [0.2, 0.25) is 0 Å². The van der Waals surface area contributed by atoms with Gasteiger partial charge in [-0.05, 0) is 41.5 Å². The maximum absolute atomic E-state index is 13.0. The van der Waals surface area contributed by atoms with Crippen molar-refractivity contribution in [1.29, 1.82) is 0 Å². The van der Waals surface area contributed by atoms with Crippen LogP contribution in [0.3, 0.4) is 0 Å². The van der Waals surface area contributed by atoms with Gasteiger partial charge in [0, 0.05) is 31.0 Å². The number of fused-ring (bicyclic) bond motifs is 1. The Kier molecular flexibility index (Phi) is 6.23. The fourth-order valence-corrected chi connectivity index (χ4v) is 3.88. The molecule has 0 aliphatic heterocycles. The number of hydrogen-bond donors (Lipinski definition) is 0. The van der Waals surface area contributed by atoms with Crippen LogP contribution in [0.15, 0.2) is 65.6 Å². The molecule has 0 saturated heterocycles. The molecule has 0 heterocycles. The summed E-state index contributed by atoms with van der Waals surface area (Å²) in [4.78, 5) is 14.7. The zero-order valence-corrected chi connectivity index (χ0v) is 17.7. The molecule has 0 atom stereocenters. The Balaban J connectivity index is 1.95. The second-order valence-corrected chi connectivity index (χ2v) is 9.09. The molecule has 3 aromatic carbocycles. The average molecular weight is 412 g/mol. The molecule has 0 aliphatic carbocycles. The molecule has 0 aliphatic rings. The van der Waals surface area contributed by atoms with Gasteiger partial charge in [0.05, 0.1) is 11.5 Å². The van der Waals surface area contributed by atoms with Gasteiger partial charge < -0.3 is 9.64 Å². The number of carbonyl (C=O) groups excluding carboxylic acids is 1. The van der Waals surface area contributed by atoms with Crippen molar-refractivity contribution in [2.24, 2.45) is 0 Å². The summed E-state index contributed by atoms with van der Waals surface area (Å²) in [5.41, 5.74) is 1.28. The van der Waals surface area contributed by atoms with Crippen LogP contribution in [0.2, 0.25) is 0 Å². The lowest BCUT2D eigenvalue weighted by Gasteiger charge is -2.21. The van der Waals surface area contributed by atoms with Crippen LogP contribution in [-0.2, 0) is 16.4 Å². The Morgan fingerprint density at radius 1 is 1.03 bits per heavy atom. The molecule has 6 heteroatoms. The first-order valence-electron chi connectivity index (χ1n) is 9.50. The van der Waals surface area contributed by atoms with E-state index in [-0.39, 0.29) is 10.8 Å². The first kappa shape index (κ1) is 20.9. The van der Waals surface area contributed by atoms with Crippen LogP contribution >= 0.6 is 0 Å². The van der Waals surface area contributed by atoms with E-state index in [9.17, 15) is 13.2 Å². The summed E-state index contributed by atoms with van der Waals surface area (Å²) in [6.07, 6.45) is 2.02. The third kappa shape index (κ3) is 4.77. The van der Waals surface area contributed by atoms with Crippen molar-refractivity contribution in [2.45, 2.75) is 24.8 Å². The number of carbonyl (C=O) groups is 1. The SMILES string of the molecule is CCCOc1ccc2ccccc2c1CN(C)C(=O)c1cccc(S(C)(=O)=O)c1. The monoisotopic (exact) mass is 411 g/mol. The lowest BCUT2D eigenvalue weighted by Crippen LogP contribution is -2.26. The fourth-order valence-electron chi connectivity index (χ4n) is 3.22. The Labute approximate surface area is 171 Å². The van der Waals surface area contributed by atoms with Crippen LogP contribution in [0.25, 0.3) is 10.8 Å². The van der Waals surface area contributed by atoms with Crippen LogP contribution in [-0.4, -0.2) is 39.1 Å². The molecule has 0 radical (unpaired) electrons. The number of ether oxygens (including phenoxy) is 1.